The Hall–Kier alpha value is -3.13. The van der Waals surface area contributed by atoms with Gasteiger partial charge in [0.1, 0.15) is 12.4 Å². The van der Waals surface area contributed by atoms with Crippen molar-refractivity contribution in [1.82, 2.24) is 4.90 Å². The largest absolute Gasteiger partial charge is 0.497 e. The lowest BCUT2D eigenvalue weighted by Gasteiger charge is -2.13. The van der Waals surface area contributed by atoms with E-state index in [2.05, 4.69) is 4.99 Å². The number of ether oxygens (including phenoxy) is 3. The maximum Gasteiger partial charge on any atom is 0.266 e. The predicted octanol–water partition coefficient (Wildman–Crippen LogP) is 7.60. The predicted molar refractivity (Wildman–Crippen MR) is 151 cm³/mol. The van der Waals surface area contributed by atoms with Crippen LogP contribution in [0.1, 0.15) is 25.0 Å². The molecule has 0 atom stereocenters. The fraction of sp³-hybridized carbons (Fsp3) is 0.214. The zero-order chi connectivity index (χ0) is 26.4. The minimum absolute atomic E-state index is 0.0855. The standard InChI is InChI=1S/C28H26Cl2N2O4S/c1-4-32-27(33)26(37-28(32)31-20-8-10-21(34-3)11-9-20)16-18-7-13-24(25(15-18)35-5-2)36-17-19-6-12-22(29)23(30)14-19/h6-16H,4-5,17H2,1-3H3/b26-16+,31-28?. The van der Waals surface area contributed by atoms with Gasteiger partial charge in [-0.15, -0.1) is 0 Å². The average molecular weight is 557 g/mol. The second kappa shape index (κ2) is 12.4. The molecule has 1 aliphatic heterocycles. The summed E-state index contributed by atoms with van der Waals surface area (Å²) in [4.78, 5) is 20.0. The maximum atomic E-state index is 13.1. The topological polar surface area (TPSA) is 60.4 Å². The Morgan fingerprint density at radius 1 is 0.946 bits per heavy atom. The third-order valence-corrected chi connectivity index (χ3v) is 7.19. The Labute approximate surface area is 230 Å². The Morgan fingerprint density at radius 3 is 2.41 bits per heavy atom. The van der Waals surface area contributed by atoms with Crippen molar-refractivity contribution in [3.8, 4) is 17.2 Å². The van der Waals surface area contributed by atoms with E-state index in [-0.39, 0.29) is 5.91 Å². The summed E-state index contributed by atoms with van der Waals surface area (Å²) in [5.41, 5.74) is 2.46. The number of hydrogen-bond donors (Lipinski definition) is 0. The van der Waals surface area contributed by atoms with Gasteiger partial charge in [0.2, 0.25) is 0 Å². The highest BCUT2D eigenvalue weighted by atomic mass is 35.5. The molecule has 3 aromatic rings. The number of nitrogens with zero attached hydrogens (tertiary/aromatic N) is 2. The van der Waals surface area contributed by atoms with Crippen LogP contribution < -0.4 is 14.2 Å². The zero-order valence-corrected chi connectivity index (χ0v) is 23.0. The van der Waals surface area contributed by atoms with Crippen LogP contribution in [0.15, 0.2) is 70.6 Å². The van der Waals surface area contributed by atoms with Crippen LogP contribution in [0.25, 0.3) is 6.08 Å². The summed E-state index contributed by atoms with van der Waals surface area (Å²) in [6.07, 6.45) is 1.84. The van der Waals surface area contributed by atoms with E-state index in [4.69, 9.17) is 37.4 Å². The highest BCUT2D eigenvalue weighted by Crippen LogP contribution is 2.36. The van der Waals surface area contributed by atoms with Crippen molar-refractivity contribution < 1.29 is 19.0 Å². The number of halogens is 2. The van der Waals surface area contributed by atoms with Crippen molar-refractivity contribution in [3.63, 3.8) is 0 Å². The van der Waals surface area contributed by atoms with Crippen molar-refractivity contribution in [2.45, 2.75) is 20.5 Å². The van der Waals surface area contributed by atoms with Gasteiger partial charge in [0, 0.05) is 6.54 Å². The van der Waals surface area contributed by atoms with Crippen molar-refractivity contribution in [2.75, 3.05) is 20.3 Å². The number of hydrogen-bond acceptors (Lipinski definition) is 6. The molecule has 9 heteroatoms. The first kappa shape index (κ1) is 26.9. The fourth-order valence-electron chi connectivity index (χ4n) is 3.58. The number of benzene rings is 3. The molecular formula is C28H26Cl2N2O4S. The van der Waals surface area contributed by atoms with Crippen molar-refractivity contribution in [1.29, 1.82) is 0 Å². The van der Waals surface area contributed by atoms with Gasteiger partial charge in [0.25, 0.3) is 5.91 Å². The zero-order valence-electron chi connectivity index (χ0n) is 20.7. The molecule has 0 spiro atoms. The van der Waals surface area contributed by atoms with E-state index in [9.17, 15) is 4.79 Å². The van der Waals surface area contributed by atoms with E-state index in [0.717, 1.165) is 22.6 Å². The number of methoxy groups -OCH3 is 1. The van der Waals surface area contributed by atoms with Crippen LogP contribution in [0.2, 0.25) is 10.0 Å². The van der Waals surface area contributed by atoms with Gasteiger partial charge in [-0.25, -0.2) is 4.99 Å². The van der Waals surface area contributed by atoms with Crippen LogP contribution in [0.5, 0.6) is 17.2 Å². The van der Waals surface area contributed by atoms with Crippen molar-refractivity contribution in [2.24, 2.45) is 4.99 Å². The van der Waals surface area contributed by atoms with E-state index in [1.165, 1.54) is 11.8 Å². The molecule has 37 heavy (non-hydrogen) atoms. The van der Waals surface area contributed by atoms with E-state index in [1.54, 1.807) is 24.1 Å². The van der Waals surface area contributed by atoms with Gasteiger partial charge in [0.05, 0.1) is 34.4 Å². The van der Waals surface area contributed by atoms with E-state index in [0.29, 0.717) is 51.4 Å². The minimum atomic E-state index is -0.0855. The summed E-state index contributed by atoms with van der Waals surface area (Å²) >= 11 is 13.5. The minimum Gasteiger partial charge on any atom is -0.497 e. The normalized spacial score (nSPS) is 15.5. The lowest BCUT2D eigenvalue weighted by molar-refractivity contribution is -0.122. The van der Waals surface area contributed by atoms with E-state index < -0.39 is 0 Å². The van der Waals surface area contributed by atoms with Gasteiger partial charge in [0.15, 0.2) is 16.7 Å². The summed E-state index contributed by atoms with van der Waals surface area (Å²) in [6.45, 7) is 5.13. The molecule has 1 heterocycles. The molecule has 192 valence electrons. The molecule has 1 saturated heterocycles. The smallest absolute Gasteiger partial charge is 0.266 e. The SMILES string of the molecule is CCOc1cc(/C=C2/SC(=Nc3ccc(OC)cc3)N(CC)C2=O)ccc1OCc1ccc(Cl)c(Cl)c1. The Bertz CT molecular complexity index is 1340. The summed E-state index contributed by atoms with van der Waals surface area (Å²) in [5, 5.41) is 1.61. The van der Waals surface area contributed by atoms with Crippen LogP contribution in [0.3, 0.4) is 0 Å². The van der Waals surface area contributed by atoms with Crippen LogP contribution in [-0.2, 0) is 11.4 Å². The number of aliphatic imine (C=N–C) groups is 1. The molecule has 1 fully saturated rings. The molecule has 1 aliphatic rings. The van der Waals surface area contributed by atoms with Crippen molar-refractivity contribution in [3.05, 3.63) is 86.7 Å². The van der Waals surface area contributed by atoms with Crippen LogP contribution >= 0.6 is 35.0 Å². The van der Waals surface area contributed by atoms with Crippen LogP contribution in [0.4, 0.5) is 5.69 Å². The van der Waals surface area contributed by atoms with Gasteiger partial charge in [-0.1, -0.05) is 35.3 Å². The maximum absolute atomic E-state index is 13.1. The molecule has 0 saturated carbocycles. The van der Waals surface area contributed by atoms with Gasteiger partial charge in [-0.05, 0) is 91.3 Å². The van der Waals surface area contributed by atoms with Crippen LogP contribution in [-0.4, -0.2) is 36.2 Å². The van der Waals surface area contributed by atoms with Gasteiger partial charge in [-0.2, -0.15) is 0 Å². The number of carbonyl (C=O) groups excluding carboxylic acids is 1. The number of rotatable bonds is 9. The first-order valence-electron chi connectivity index (χ1n) is 11.7. The lowest BCUT2D eigenvalue weighted by atomic mass is 10.1. The molecule has 0 unspecified atom stereocenters. The second-order valence-electron chi connectivity index (χ2n) is 7.93. The fourth-order valence-corrected chi connectivity index (χ4v) is 4.96. The molecule has 4 rings (SSSR count). The lowest BCUT2D eigenvalue weighted by Crippen LogP contribution is -2.28. The quantitative estimate of drug-likeness (QED) is 0.254. The van der Waals surface area contributed by atoms with Gasteiger partial charge in [-0.3, -0.25) is 9.69 Å². The molecule has 6 nitrogen and oxygen atoms in total. The number of carbonyl (C=O) groups is 1. The summed E-state index contributed by atoms with van der Waals surface area (Å²) < 4.78 is 17.0. The number of likely N-dealkylation sites (N-methyl/N-ethyl adjacent to an activating group) is 1. The highest BCUT2D eigenvalue weighted by molar-refractivity contribution is 8.18. The number of amides is 1. The first-order valence-corrected chi connectivity index (χ1v) is 13.3. The first-order chi connectivity index (χ1) is 17.9. The average Bonchev–Trinajstić information content (AvgIpc) is 3.19. The van der Waals surface area contributed by atoms with Gasteiger partial charge < -0.3 is 14.2 Å². The third kappa shape index (κ3) is 6.60. The molecule has 0 N–H and O–H groups in total. The molecule has 0 bridgehead atoms. The molecule has 0 aromatic heterocycles. The third-order valence-electron chi connectivity index (χ3n) is 5.45. The molecule has 3 aromatic carbocycles. The Balaban J connectivity index is 1.55. The number of thioether (sulfide) groups is 1. The summed E-state index contributed by atoms with van der Waals surface area (Å²) in [7, 11) is 1.62. The van der Waals surface area contributed by atoms with E-state index in [1.807, 2.05) is 68.5 Å². The molecule has 0 radical (unpaired) electrons. The van der Waals surface area contributed by atoms with E-state index >= 15 is 0 Å². The monoisotopic (exact) mass is 556 g/mol. The molecule has 1 amide bonds. The van der Waals surface area contributed by atoms with Crippen LogP contribution in [0, 0.1) is 0 Å². The molecular weight excluding hydrogens is 531 g/mol. The molecule has 0 aliphatic carbocycles. The van der Waals surface area contributed by atoms with Gasteiger partial charge >= 0.3 is 0 Å². The summed E-state index contributed by atoms with van der Waals surface area (Å²) in [6, 6.07) is 18.4. The number of amidine groups is 1. The van der Waals surface area contributed by atoms with Crippen molar-refractivity contribution >= 4 is 57.8 Å². The highest BCUT2D eigenvalue weighted by Gasteiger charge is 2.32. The second-order valence-corrected chi connectivity index (χ2v) is 9.75. The Morgan fingerprint density at radius 2 is 1.73 bits per heavy atom. The Kier molecular flexibility index (Phi) is 9.03. The summed E-state index contributed by atoms with van der Waals surface area (Å²) in [5.74, 6) is 1.85.